The number of carbonyl (C=O) groups is 1. The lowest BCUT2D eigenvalue weighted by Gasteiger charge is -2.31. The van der Waals surface area contributed by atoms with E-state index in [2.05, 4.69) is 10.3 Å². The summed E-state index contributed by atoms with van der Waals surface area (Å²) in [6.45, 7) is 1.60. The number of carbonyl (C=O) groups excluding carboxylic acids is 1. The van der Waals surface area contributed by atoms with Crippen molar-refractivity contribution in [2.75, 3.05) is 11.9 Å². The Bertz CT molecular complexity index is 1180. The SMILES string of the molecule is CCN1C(C(=O)Nc2nccs2)=C(O)c2ccc3ccccc3c2S1(=O)=O. The van der Waals surface area contributed by atoms with Crippen LogP contribution in [0.2, 0.25) is 0 Å². The van der Waals surface area contributed by atoms with Crippen LogP contribution in [0.25, 0.3) is 16.5 Å². The van der Waals surface area contributed by atoms with Gasteiger partial charge in [0.1, 0.15) is 4.90 Å². The molecule has 2 heterocycles. The zero-order chi connectivity index (χ0) is 19.2. The number of nitrogens with one attached hydrogen (secondary N) is 1. The lowest BCUT2D eigenvalue weighted by molar-refractivity contribution is -0.113. The highest BCUT2D eigenvalue weighted by Crippen LogP contribution is 2.39. The first-order valence-corrected chi connectivity index (χ1v) is 10.5. The van der Waals surface area contributed by atoms with Gasteiger partial charge in [-0.3, -0.25) is 14.4 Å². The Labute approximate surface area is 159 Å². The minimum absolute atomic E-state index is 0.00429. The minimum Gasteiger partial charge on any atom is -0.505 e. The number of nitrogens with zero attached hydrogens (tertiary/aromatic N) is 2. The van der Waals surface area contributed by atoms with Crippen LogP contribution in [0.4, 0.5) is 5.13 Å². The standard InChI is InChI=1S/C18H15N3O4S2/c1-2-21-14(17(23)20-18-19-9-10-26-18)15(22)13-8-7-11-5-3-4-6-12(11)16(13)27(21,24)25/h3-10,22H,2H2,1H3,(H,19,20,23). The van der Waals surface area contributed by atoms with Crippen molar-refractivity contribution < 1.29 is 18.3 Å². The third-order valence-corrected chi connectivity index (χ3v) is 6.98. The van der Waals surface area contributed by atoms with Gasteiger partial charge in [-0.15, -0.1) is 11.3 Å². The molecule has 138 valence electrons. The highest BCUT2D eigenvalue weighted by molar-refractivity contribution is 7.89. The van der Waals surface area contributed by atoms with Gasteiger partial charge in [-0.2, -0.15) is 0 Å². The van der Waals surface area contributed by atoms with Gasteiger partial charge < -0.3 is 5.11 Å². The lowest BCUT2D eigenvalue weighted by atomic mass is 10.0. The van der Waals surface area contributed by atoms with Crippen molar-refractivity contribution in [1.82, 2.24) is 9.29 Å². The van der Waals surface area contributed by atoms with Gasteiger partial charge in [0.2, 0.25) is 0 Å². The molecule has 1 aromatic heterocycles. The van der Waals surface area contributed by atoms with Crippen molar-refractivity contribution in [2.24, 2.45) is 0 Å². The predicted octanol–water partition coefficient (Wildman–Crippen LogP) is 3.19. The maximum atomic E-state index is 13.3. The summed E-state index contributed by atoms with van der Waals surface area (Å²) in [5.41, 5.74) is -0.196. The minimum atomic E-state index is -4.03. The number of likely N-dealkylation sites (N-methyl/N-ethyl adjacent to an activating group) is 1. The molecule has 2 aromatic carbocycles. The normalized spacial score (nSPS) is 15.7. The van der Waals surface area contributed by atoms with Crippen LogP contribution in [0.15, 0.2) is 58.6 Å². The number of hydrogen-bond acceptors (Lipinski definition) is 6. The molecule has 1 aliphatic heterocycles. The average molecular weight is 401 g/mol. The van der Waals surface area contributed by atoms with Crippen LogP contribution < -0.4 is 5.32 Å². The molecule has 1 amide bonds. The van der Waals surface area contributed by atoms with Gasteiger partial charge in [-0.25, -0.2) is 13.4 Å². The summed E-state index contributed by atoms with van der Waals surface area (Å²) in [5.74, 6) is -1.10. The van der Waals surface area contributed by atoms with Gasteiger partial charge in [-0.1, -0.05) is 30.3 Å². The maximum absolute atomic E-state index is 13.3. The van der Waals surface area contributed by atoms with Gasteiger partial charge >= 0.3 is 0 Å². The number of benzene rings is 2. The molecule has 0 saturated carbocycles. The van der Waals surface area contributed by atoms with Crippen LogP contribution in [-0.2, 0) is 14.8 Å². The van der Waals surface area contributed by atoms with E-state index in [1.165, 1.54) is 23.6 Å². The second-order valence-corrected chi connectivity index (χ2v) is 8.52. The fourth-order valence-electron chi connectivity index (χ4n) is 3.17. The number of aliphatic hydroxyl groups is 1. The molecule has 0 radical (unpaired) electrons. The Kier molecular flexibility index (Phi) is 4.12. The Morgan fingerprint density at radius 1 is 1.26 bits per heavy atom. The molecule has 0 bridgehead atoms. The first-order chi connectivity index (χ1) is 12.9. The number of thiazole rings is 1. The fraction of sp³-hybridized carbons (Fsp3) is 0.111. The summed E-state index contributed by atoms with van der Waals surface area (Å²) in [7, 11) is -4.03. The average Bonchev–Trinajstić information content (AvgIpc) is 3.16. The van der Waals surface area contributed by atoms with E-state index in [4.69, 9.17) is 0 Å². The van der Waals surface area contributed by atoms with Gasteiger partial charge in [-0.05, 0) is 18.4 Å². The monoisotopic (exact) mass is 401 g/mol. The Balaban J connectivity index is 1.97. The second kappa shape index (κ2) is 6.36. The summed E-state index contributed by atoms with van der Waals surface area (Å²) in [6.07, 6.45) is 1.52. The third kappa shape index (κ3) is 2.66. The van der Waals surface area contributed by atoms with Crippen LogP contribution >= 0.6 is 11.3 Å². The van der Waals surface area contributed by atoms with Gasteiger partial charge in [0.25, 0.3) is 15.9 Å². The van der Waals surface area contributed by atoms with Crippen LogP contribution in [0.1, 0.15) is 12.5 Å². The van der Waals surface area contributed by atoms with Crippen LogP contribution in [0.5, 0.6) is 0 Å². The van der Waals surface area contributed by atoms with E-state index in [-0.39, 0.29) is 28.5 Å². The molecule has 0 fully saturated rings. The molecule has 0 atom stereocenters. The fourth-order valence-corrected chi connectivity index (χ4v) is 5.57. The van der Waals surface area contributed by atoms with E-state index in [1.807, 2.05) is 6.07 Å². The van der Waals surface area contributed by atoms with Crippen molar-refractivity contribution >= 4 is 48.9 Å². The van der Waals surface area contributed by atoms with Gasteiger partial charge in [0.15, 0.2) is 16.6 Å². The van der Waals surface area contributed by atoms with E-state index >= 15 is 0 Å². The molecule has 1 aliphatic rings. The summed E-state index contributed by atoms with van der Waals surface area (Å²) in [5, 5.41) is 16.6. The van der Waals surface area contributed by atoms with E-state index in [0.717, 1.165) is 9.69 Å². The number of amides is 1. The smallest absolute Gasteiger partial charge is 0.278 e. The molecular formula is C18H15N3O4S2. The summed E-state index contributed by atoms with van der Waals surface area (Å²) < 4.78 is 27.5. The molecule has 27 heavy (non-hydrogen) atoms. The van der Waals surface area contributed by atoms with E-state index in [1.54, 1.807) is 36.6 Å². The molecule has 2 N–H and O–H groups in total. The van der Waals surface area contributed by atoms with Crippen LogP contribution in [0, 0.1) is 0 Å². The molecule has 0 aliphatic carbocycles. The van der Waals surface area contributed by atoms with Crippen molar-refractivity contribution in [2.45, 2.75) is 11.8 Å². The molecule has 3 aromatic rings. The molecule has 0 unspecified atom stereocenters. The number of aliphatic hydroxyl groups excluding tert-OH is 1. The molecule has 9 heteroatoms. The number of aromatic nitrogens is 1. The topological polar surface area (TPSA) is 99.6 Å². The third-order valence-electron chi connectivity index (χ3n) is 4.31. The Hall–Kier alpha value is -2.91. The predicted molar refractivity (Wildman–Crippen MR) is 104 cm³/mol. The number of fused-ring (bicyclic) bond motifs is 3. The van der Waals surface area contributed by atoms with Crippen molar-refractivity contribution in [3.8, 4) is 0 Å². The largest absolute Gasteiger partial charge is 0.505 e. The van der Waals surface area contributed by atoms with E-state index in [9.17, 15) is 18.3 Å². The quantitative estimate of drug-likeness (QED) is 0.702. The first kappa shape index (κ1) is 17.5. The highest BCUT2D eigenvalue weighted by atomic mass is 32.2. The van der Waals surface area contributed by atoms with Crippen molar-refractivity contribution in [3.05, 3.63) is 59.2 Å². The number of rotatable bonds is 3. The number of anilines is 1. The van der Waals surface area contributed by atoms with Gasteiger partial charge in [0.05, 0.1) is 0 Å². The zero-order valence-electron chi connectivity index (χ0n) is 14.2. The summed E-state index contributed by atoms with van der Waals surface area (Å²) >= 11 is 1.20. The summed E-state index contributed by atoms with van der Waals surface area (Å²) in [4.78, 5) is 16.7. The number of sulfonamides is 1. The van der Waals surface area contributed by atoms with Crippen molar-refractivity contribution in [3.63, 3.8) is 0 Å². The Morgan fingerprint density at radius 2 is 2.04 bits per heavy atom. The Morgan fingerprint density at radius 3 is 2.74 bits per heavy atom. The van der Waals surface area contributed by atoms with Crippen LogP contribution in [0.3, 0.4) is 0 Å². The van der Waals surface area contributed by atoms with Gasteiger partial charge in [0, 0.05) is 29.1 Å². The van der Waals surface area contributed by atoms with Crippen molar-refractivity contribution in [1.29, 1.82) is 0 Å². The molecule has 0 saturated heterocycles. The molecule has 7 nitrogen and oxygen atoms in total. The molecule has 4 rings (SSSR count). The maximum Gasteiger partial charge on any atom is 0.278 e. The van der Waals surface area contributed by atoms with E-state index < -0.39 is 15.9 Å². The lowest BCUT2D eigenvalue weighted by Crippen LogP contribution is -2.39. The second-order valence-electron chi connectivity index (χ2n) is 5.82. The highest BCUT2D eigenvalue weighted by Gasteiger charge is 2.40. The zero-order valence-corrected chi connectivity index (χ0v) is 15.8. The van der Waals surface area contributed by atoms with E-state index in [0.29, 0.717) is 10.5 Å². The number of hydrogen-bond donors (Lipinski definition) is 2. The summed E-state index contributed by atoms with van der Waals surface area (Å²) in [6, 6.07) is 10.3. The molecule has 0 spiro atoms. The first-order valence-electron chi connectivity index (χ1n) is 8.14. The molecular weight excluding hydrogens is 386 g/mol. The van der Waals surface area contributed by atoms with Crippen LogP contribution in [-0.4, -0.2) is 35.3 Å².